The number of benzene rings is 1. The van der Waals surface area contributed by atoms with E-state index in [2.05, 4.69) is 27.4 Å². The number of hydrogen-bond donors (Lipinski definition) is 2. The third-order valence-corrected chi connectivity index (χ3v) is 4.77. The molecule has 0 fully saturated rings. The minimum absolute atomic E-state index is 0.0476. The molecule has 0 radical (unpaired) electrons. The highest BCUT2D eigenvalue weighted by molar-refractivity contribution is 8.01. The van der Waals surface area contributed by atoms with Gasteiger partial charge in [0.15, 0.2) is 4.34 Å². The summed E-state index contributed by atoms with van der Waals surface area (Å²) >= 11 is 2.79. The number of carbonyl (C=O) groups excluding carboxylic acids is 1. The number of amides is 1. The number of ether oxygens (including phenoxy) is 1. The van der Waals surface area contributed by atoms with Gasteiger partial charge in [0.1, 0.15) is 5.75 Å². The number of aromatic nitrogens is 2. The van der Waals surface area contributed by atoms with E-state index in [0.717, 1.165) is 20.8 Å². The van der Waals surface area contributed by atoms with Crippen LogP contribution in [0.3, 0.4) is 0 Å². The van der Waals surface area contributed by atoms with Crippen molar-refractivity contribution in [1.29, 1.82) is 0 Å². The maximum atomic E-state index is 11.9. The van der Waals surface area contributed by atoms with Gasteiger partial charge in [-0.15, -0.1) is 16.8 Å². The fourth-order valence-electron chi connectivity index (χ4n) is 1.66. The molecule has 1 heterocycles. The minimum atomic E-state index is -0.0476. The van der Waals surface area contributed by atoms with Crippen molar-refractivity contribution in [2.24, 2.45) is 0 Å². The van der Waals surface area contributed by atoms with Crippen LogP contribution in [0.1, 0.15) is 5.56 Å². The Balaban J connectivity index is 1.74. The van der Waals surface area contributed by atoms with E-state index < -0.39 is 0 Å². The van der Waals surface area contributed by atoms with Crippen LogP contribution in [-0.2, 0) is 11.3 Å². The fourth-order valence-corrected chi connectivity index (χ4v) is 3.25. The summed E-state index contributed by atoms with van der Waals surface area (Å²) in [7, 11) is 1.62. The normalized spacial score (nSPS) is 10.1. The lowest BCUT2D eigenvalue weighted by Gasteiger charge is -2.06. The van der Waals surface area contributed by atoms with Crippen LogP contribution >= 0.6 is 23.1 Å². The Hall–Kier alpha value is -2.06. The molecule has 1 aromatic carbocycles. The highest BCUT2D eigenvalue weighted by atomic mass is 32.2. The molecule has 8 heteroatoms. The fraction of sp³-hybridized carbons (Fsp3) is 0.267. The predicted octanol–water partition coefficient (Wildman–Crippen LogP) is 2.55. The van der Waals surface area contributed by atoms with E-state index in [9.17, 15) is 4.79 Å². The summed E-state index contributed by atoms with van der Waals surface area (Å²) in [5.74, 6) is 1.04. The average molecular weight is 350 g/mol. The number of hydrogen-bond acceptors (Lipinski definition) is 7. The molecular weight excluding hydrogens is 332 g/mol. The summed E-state index contributed by atoms with van der Waals surface area (Å²) in [5.41, 5.74) is 0.995. The third-order valence-electron chi connectivity index (χ3n) is 2.75. The lowest BCUT2D eigenvalue weighted by atomic mass is 10.2. The molecular formula is C15H18N4O2S2. The van der Waals surface area contributed by atoms with Gasteiger partial charge >= 0.3 is 0 Å². The van der Waals surface area contributed by atoms with Gasteiger partial charge in [-0.3, -0.25) is 4.79 Å². The molecule has 23 heavy (non-hydrogen) atoms. The molecule has 2 N–H and O–H groups in total. The van der Waals surface area contributed by atoms with E-state index >= 15 is 0 Å². The summed E-state index contributed by atoms with van der Waals surface area (Å²) in [5, 5.41) is 14.7. The zero-order chi connectivity index (χ0) is 16.5. The van der Waals surface area contributed by atoms with Gasteiger partial charge in [-0.2, -0.15) is 0 Å². The molecule has 6 nitrogen and oxygen atoms in total. The molecule has 1 aromatic heterocycles. The molecule has 0 unspecified atom stereocenters. The first-order valence-electron chi connectivity index (χ1n) is 6.92. The van der Waals surface area contributed by atoms with Gasteiger partial charge < -0.3 is 15.4 Å². The van der Waals surface area contributed by atoms with Gasteiger partial charge in [0.05, 0.1) is 12.9 Å². The van der Waals surface area contributed by atoms with Crippen molar-refractivity contribution in [3.63, 3.8) is 0 Å². The van der Waals surface area contributed by atoms with E-state index in [4.69, 9.17) is 4.74 Å². The molecule has 0 atom stereocenters. The Bertz CT molecular complexity index is 660. The van der Waals surface area contributed by atoms with Crippen molar-refractivity contribution in [2.75, 3.05) is 24.7 Å². The number of nitrogens with one attached hydrogen (secondary N) is 2. The highest BCUT2D eigenvalue weighted by Crippen LogP contribution is 2.25. The number of rotatable bonds is 9. The zero-order valence-corrected chi connectivity index (χ0v) is 14.4. The van der Waals surface area contributed by atoms with Crippen molar-refractivity contribution in [1.82, 2.24) is 15.5 Å². The molecule has 0 saturated carbocycles. The SMILES string of the molecule is C=CCNc1nnc(SCC(=O)NCc2cccc(OC)c2)s1. The second-order valence-corrected chi connectivity index (χ2v) is 6.66. The quantitative estimate of drug-likeness (QED) is 0.535. The Morgan fingerprint density at radius 1 is 1.48 bits per heavy atom. The Morgan fingerprint density at radius 3 is 3.13 bits per heavy atom. The predicted molar refractivity (Wildman–Crippen MR) is 94.2 cm³/mol. The van der Waals surface area contributed by atoms with Crippen LogP contribution in [0.25, 0.3) is 0 Å². The molecule has 0 saturated heterocycles. The first kappa shape index (κ1) is 17.3. The maximum absolute atomic E-state index is 11.9. The van der Waals surface area contributed by atoms with E-state index in [1.165, 1.54) is 23.1 Å². The number of thioether (sulfide) groups is 1. The minimum Gasteiger partial charge on any atom is -0.497 e. The second kappa shape index (κ2) is 9.16. The van der Waals surface area contributed by atoms with Crippen molar-refractivity contribution >= 4 is 34.1 Å². The molecule has 0 aliphatic carbocycles. The largest absolute Gasteiger partial charge is 0.497 e. The smallest absolute Gasteiger partial charge is 0.230 e. The van der Waals surface area contributed by atoms with E-state index in [0.29, 0.717) is 18.8 Å². The van der Waals surface area contributed by atoms with Gasteiger partial charge in [-0.25, -0.2) is 0 Å². The van der Waals surface area contributed by atoms with Crippen LogP contribution in [0.4, 0.5) is 5.13 Å². The summed E-state index contributed by atoms with van der Waals surface area (Å²) in [6.07, 6.45) is 1.75. The highest BCUT2D eigenvalue weighted by Gasteiger charge is 2.08. The van der Waals surface area contributed by atoms with E-state index in [1.54, 1.807) is 13.2 Å². The lowest BCUT2D eigenvalue weighted by Crippen LogP contribution is -2.24. The van der Waals surface area contributed by atoms with Crippen molar-refractivity contribution in [3.8, 4) is 5.75 Å². The monoisotopic (exact) mass is 350 g/mol. The summed E-state index contributed by atoms with van der Waals surface area (Å²) in [4.78, 5) is 11.9. The second-order valence-electron chi connectivity index (χ2n) is 4.46. The zero-order valence-electron chi connectivity index (χ0n) is 12.7. The van der Waals surface area contributed by atoms with E-state index in [-0.39, 0.29) is 5.91 Å². The van der Waals surface area contributed by atoms with Gasteiger partial charge in [-0.05, 0) is 17.7 Å². The van der Waals surface area contributed by atoms with Crippen LogP contribution < -0.4 is 15.4 Å². The Labute approximate surface area is 143 Å². The molecule has 122 valence electrons. The lowest BCUT2D eigenvalue weighted by molar-refractivity contribution is -0.118. The topological polar surface area (TPSA) is 76.1 Å². The number of methoxy groups -OCH3 is 1. The van der Waals surface area contributed by atoms with Gasteiger partial charge in [-0.1, -0.05) is 41.3 Å². The molecule has 2 aromatic rings. The number of carbonyl (C=O) groups is 1. The summed E-state index contributed by atoms with van der Waals surface area (Å²) in [6, 6.07) is 7.61. The molecule has 0 aliphatic rings. The molecule has 1 amide bonds. The molecule has 0 aliphatic heterocycles. The van der Waals surface area contributed by atoms with Gasteiger partial charge in [0, 0.05) is 13.1 Å². The first-order chi connectivity index (χ1) is 11.2. The maximum Gasteiger partial charge on any atom is 0.230 e. The molecule has 0 bridgehead atoms. The van der Waals surface area contributed by atoms with Crippen molar-refractivity contribution < 1.29 is 9.53 Å². The Morgan fingerprint density at radius 2 is 2.35 bits per heavy atom. The number of nitrogens with zero attached hydrogens (tertiary/aromatic N) is 2. The standard InChI is InChI=1S/C15H18N4O2S2/c1-3-7-16-14-18-19-15(23-14)22-10-13(20)17-9-11-5-4-6-12(8-11)21-2/h3-6,8H,1,7,9-10H2,2H3,(H,16,18)(H,17,20). The average Bonchev–Trinajstić information content (AvgIpc) is 3.04. The summed E-state index contributed by atoms with van der Waals surface area (Å²) < 4.78 is 5.91. The molecule has 2 rings (SSSR count). The molecule has 0 spiro atoms. The van der Waals surface area contributed by atoms with Gasteiger partial charge in [0.2, 0.25) is 11.0 Å². The van der Waals surface area contributed by atoms with Crippen LogP contribution in [0.2, 0.25) is 0 Å². The third kappa shape index (κ3) is 5.91. The van der Waals surface area contributed by atoms with Crippen molar-refractivity contribution in [2.45, 2.75) is 10.9 Å². The van der Waals surface area contributed by atoms with Crippen molar-refractivity contribution in [3.05, 3.63) is 42.5 Å². The summed E-state index contributed by atoms with van der Waals surface area (Å²) in [6.45, 7) is 4.74. The van der Waals surface area contributed by atoms with Crippen LogP contribution in [0, 0.1) is 0 Å². The van der Waals surface area contributed by atoms with Crippen LogP contribution in [0.5, 0.6) is 5.75 Å². The van der Waals surface area contributed by atoms with Crippen LogP contribution in [0.15, 0.2) is 41.3 Å². The van der Waals surface area contributed by atoms with Crippen LogP contribution in [-0.4, -0.2) is 35.5 Å². The first-order valence-corrected chi connectivity index (χ1v) is 8.72. The Kier molecular flexibility index (Phi) is 6.89. The van der Waals surface area contributed by atoms with Gasteiger partial charge in [0.25, 0.3) is 0 Å². The van der Waals surface area contributed by atoms with E-state index in [1.807, 2.05) is 24.3 Å². The number of anilines is 1.